The van der Waals surface area contributed by atoms with Crippen LogP contribution in [-0.2, 0) is 23.0 Å². The van der Waals surface area contributed by atoms with E-state index in [0.29, 0.717) is 25.7 Å². The summed E-state index contributed by atoms with van der Waals surface area (Å²) in [6.07, 6.45) is 0.755. The number of anilines is 1. The normalized spacial score (nSPS) is 13.8. The molecule has 7 nitrogen and oxygen atoms in total. The quantitative estimate of drug-likeness (QED) is 0.497. The molecule has 0 fully saturated rings. The fourth-order valence-electron chi connectivity index (χ4n) is 3.50. The molecule has 3 rings (SSSR count). The van der Waals surface area contributed by atoms with Crippen LogP contribution in [0.15, 0.2) is 47.5 Å². The third-order valence-corrected chi connectivity index (χ3v) is 6.80. The summed E-state index contributed by atoms with van der Waals surface area (Å²) in [7, 11) is -1.73. The zero-order valence-electron chi connectivity index (χ0n) is 17.8. The third kappa shape index (κ3) is 5.24. The Bertz CT molecular complexity index is 1010. The lowest BCUT2D eigenvalue weighted by Crippen LogP contribution is -2.41. The minimum Gasteiger partial charge on any atom is -0.494 e. The van der Waals surface area contributed by atoms with Gasteiger partial charge in [-0.05, 0) is 43.5 Å². The topological polar surface area (TPSA) is 83.0 Å². The summed E-state index contributed by atoms with van der Waals surface area (Å²) < 4.78 is 32.8. The summed E-state index contributed by atoms with van der Waals surface area (Å²) in [5.74, 6) is 1.39. The van der Waals surface area contributed by atoms with Crippen molar-refractivity contribution in [1.82, 2.24) is 10.6 Å². The molecule has 0 spiro atoms. The molecule has 30 heavy (non-hydrogen) atoms. The number of hydrogen-bond donors (Lipinski definition) is 2. The first kappa shape index (κ1) is 22.0. The first-order valence-electron chi connectivity index (χ1n) is 10.2. The van der Waals surface area contributed by atoms with E-state index in [-0.39, 0.29) is 12.3 Å². The number of rotatable bonds is 8. The second-order valence-corrected chi connectivity index (χ2v) is 9.18. The summed E-state index contributed by atoms with van der Waals surface area (Å²) in [6.45, 7) is 5.89. The molecule has 2 N–H and O–H groups in total. The van der Waals surface area contributed by atoms with Crippen LogP contribution >= 0.6 is 0 Å². The molecule has 0 atom stereocenters. The minimum absolute atomic E-state index is 0.00321. The Morgan fingerprint density at radius 2 is 2.00 bits per heavy atom. The summed E-state index contributed by atoms with van der Waals surface area (Å²) >= 11 is 0. The Morgan fingerprint density at radius 1 is 1.20 bits per heavy atom. The highest BCUT2D eigenvalue weighted by Crippen LogP contribution is 2.29. The van der Waals surface area contributed by atoms with Crippen molar-refractivity contribution in [1.29, 1.82) is 0 Å². The predicted molar refractivity (Wildman–Crippen MR) is 122 cm³/mol. The largest absolute Gasteiger partial charge is 0.494 e. The molecule has 1 heterocycles. The number of nitrogens with one attached hydrogen (secondary N) is 2. The molecule has 0 saturated heterocycles. The lowest BCUT2D eigenvalue weighted by molar-refractivity contribution is 0.336. The molecule has 1 aliphatic rings. The number of aryl methyl sites for hydroxylation is 1. The second-order valence-electron chi connectivity index (χ2n) is 7.16. The Labute approximate surface area is 179 Å². The van der Waals surface area contributed by atoms with Gasteiger partial charge in [0.05, 0.1) is 18.0 Å². The zero-order valence-corrected chi connectivity index (χ0v) is 18.6. The summed E-state index contributed by atoms with van der Waals surface area (Å²) in [4.78, 5) is 4.19. The highest BCUT2D eigenvalue weighted by molar-refractivity contribution is 7.92. The molecule has 0 aliphatic carbocycles. The van der Waals surface area contributed by atoms with E-state index in [4.69, 9.17) is 4.74 Å². The SMILES string of the molecule is CCOc1cc(C)ccc1CNC(=NC)NCCS(=O)(=O)N1CCc2ccccc21. The van der Waals surface area contributed by atoms with Crippen LogP contribution in [0.2, 0.25) is 0 Å². The lowest BCUT2D eigenvalue weighted by Gasteiger charge is -2.20. The number of ether oxygens (including phenoxy) is 1. The van der Waals surface area contributed by atoms with E-state index < -0.39 is 10.0 Å². The van der Waals surface area contributed by atoms with Gasteiger partial charge in [-0.25, -0.2) is 8.42 Å². The molecular formula is C22H30N4O3S. The first-order valence-corrected chi connectivity index (χ1v) is 11.8. The van der Waals surface area contributed by atoms with E-state index in [2.05, 4.69) is 15.6 Å². The smallest absolute Gasteiger partial charge is 0.236 e. The van der Waals surface area contributed by atoms with Gasteiger partial charge >= 0.3 is 0 Å². The van der Waals surface area contributed by atoms with Crippen molar-refractivity contribution in [3.05, 3.63) is 59.2 Å². The number of benzene rings is 2. The van der Waals surface area contributed by atoms with Crippen LogP contribution in [0.3, 0.4) is 0 Å². The maximum Gasteiger partial charge on any atom is 0.236 e. The van der Waals surface area contributed by atoms with Gasteiger partial charge in [0.15, 0.2) is 5.96 Å². The fraction of sp³-hybridized carbons (Fsp3) is 0.409. The fourth-order valence-corrected chi connectivity index (χ4v) is 4.93. The van der Waals surface area contributed by atoms with Crippen LogP contribution in [-0.4, -0.2) is 46.9 Å². The second kappa shape index (κ2) is 9.84. The van der Waals surface area contributed by atoms with Gasteiger partial charge in [-0.15, -0.1) is 0 Å². The maximum atomic E-state index is 12.8. The van der Waals surface area contributed by atoms with Crippen molar-refractivity contribution in [3.63, 3.8) is 0 Å². The van der Waals surface area contributed by atoms with Gasteiger partial charge in [-0.1, -0.05) is 30.3 Å². The minimum atomic E-state index is -3.40. The molecule has 2 aromatic carbocycles. The number of guanidine groups is 1. The van der Waals surface area contributed by atoms with Crippen LogP contribution in [0.5, 0.6) is 5.75 Å². The van der Waals surface area contributed by atoms with Crippen LogP contribution in [0, 0.1) is 6.92 Å². The predicted octanol–water partition coefficient (Wildman–Crippen LogP) is 2.45. The molecule has 0 saturated carbocycles. The van der Waals surface area contributed by atoms with Gasteiger partial charge in [0, 0.05) is 32.2 Å². The van der Waals surface area contributed by atoms with Gasteiger partial charge in [-0.2, -0.15) is 0 Å². The van der Waals surface area contributed by atoms with Gasteiger partial charge in [-0.3, -0.25) is 9.30 Å². The van der Waals surface area contributed by atoms with Crippen molar-refractivity contribution in [2.45, 2.75) is 26.8 Å². The molecule has 162 valence electrons. The number of para-hydroxylation sites is 1. The molecule has 0 radical (unpaired) electrons. The van der Waals surface area contributed by atoms with Crippen LogP contribution in [0.1, 0.15) is 23.6 Å². The van der Waals surface area contributed by atoms with Gasteiger partial charge in [0.2, 0.25) is 10.0 Å². The van der Waals surface area contributed by atoms with E-state index in [1.807, 2.05) is 56.3 Å². The first-order chi connectivity index (χ1) is 14.4. The Morgan fingerprint density at radius 3 is 2.77 bits per heavy atom. The number of hydrogen-bond acceptors (Lipinski definition) is 4. The number of sulfonamides is 1. The average molecular weight is 431 g/mol. The molecule has 0 bridgehead atoms. The van der Waals surface area contributed by atoms with Crippen molar-refractivity contribution < 1.29 is 13.2 Å². The summed E-state index contributed by atoms with van der Waals surface area (Å²) in [5.41, 5.74) is 4.03. The van der Waals surface area contributed by atoms with Crippen molar-refractivity contribution in [2.24, 2.45) is 4.99 Å². The molecule has 8 heteroatoms. The van der Waals surface area contributed by atoms with E-state index >= 15 is 0 Å². The van der Waals surface area contributed by atoms with Gasteiger partial charge < -0.3 is 15.4 Å². The van der Waals surface area contributed by atoms with E-state index in [1.165, 1.54) is 4.31 Å². The molecule has 0 aromatic heterocycles. The van der Waals surface area contributed by atoms with Crippen molar-refractivity contribution >= 4 is 21.7 Å². The number of fused-ring (bicyclic) bond motifs is 1. The third-order valence-electron chi connectivity index (χ3n) is 5.03. The monoisotopic (exact) mass is 430 g/mol. The summed E-state index contributed by atoms with van der Waals surface area (Å²) in [5, 5.41) is 6.32. The Balaban J connectivity index is 1.54. The number of nitrogens with zero attached hydrogens (tertiary/aromatic N) is 2. The van der Waals surface area contributed by atoms with Gasteiger partial charge in [0.1, 0.15) is 5.75 Å². The summed E-state index contributed by atoms with van der Waals surface area (Å²) in [6, 6.07) is 13.7. The zero-order chi connectivity index (χ0) is 21.6. The number of aliphatic imine (C=N–C) groups is 1. The molecule has 2 aromatic rings. The van der Waals surface area contributed by atoms with Crippen LogP contribution in [0.25, 0.3) is 0 Å². The molecule has 0 amide bonds. The maximum absolute atomic E-state index is 12.8. The van der Waals surface area contributed by atoms with Crippen LogP contribution in [0.4, 0.5) is 5.69 Å². The lowest BCUT2D eigenvalue weighted by atomic mass is 10.1. The molecule has 1 aliphatic heterocycles. The average Bonchev–Trinajstić information content (AvgIpc) is 3.17. The van der Waals surface area contributed by atoms with Gasteiger partial charge in [0.25, 0.3) is 0 Å². The Kier molecular flexibility index (Phi) is 7.20. The highest BCUT2D eigenvalue weighted by Gasteiger charge is 2.28. The highest BCUT2D eigenvalue weighted by atomic mass is 32.2. The van der Waals surface area contributed by atoms with Crippen molar-refractivity contribution in [2.75, 3.05) is 36.8 Å². The van der Waals surface area contributed by atoms with E-state index in [1.54, 1.807) is 7.05 Å². The standard InChI is InChI=1S/C22H30N4O3S/c1-4-29-21-15-17(2)9-10-19(21)16-25-22(23-3)24-12-14-30(27,28)26-13-11-18-7-5-6-8-20(18)26/h5-10,15H,4,11-14,16H2,1-3H3,(H2,23,24,25). The molecule has 0 unspecified atom stereocenters. The van der Waals surface area contributed by atoms with Crippen molar-refractivity contribution in [3.8, 4) is 5.75 Å². The Hall–Kier alpha value is -2.74. The van der Waals surface area contributed by atoms with Crippen LogP contribution < -0.4 is 19.7 Å². The van der Waals surface area contributed by atoms with E-state index in [0.717, 1.165) is 34.5 Å². The molecular weight excluding hydrogens is 400 g/mol. The van der Waals surface area contributed by atoms with E-state index in [9.17, 15) is 8.42 Å².